The van der Waals surface area contributed by atoms with E-state index in [1.165, 1.54) is 11.8 Å². The molecule has 6 nitrogen and oxygen atoms in total. The summed E-state index contributed by atoms with van der Waals surface area (Å²) in [6.07, 6.45) is 1.90. The Hall–Kier alpha value is -1.80. The molecule has 0 aromatic heterocycles. The largest absolute Gasteiger partial charge is 0.497 e. The van der Waals surface area contributed by atoms with Gasteiger partial charge in [0.15, 0.2) is 15.0 Å². The first-order chi connectivity index (χ1) is 11.9. The number of carbonyl (C=O) groups excluding carboxylic acids is 1. The lowest BCUT2D eigenvalue weighted by molar-refractivity contribution is -0.117. The van der Waals surface area contributed by atoms with Crippen LogP contribution in [0.1, 0.15) is 5.56 Å². The zero-order chi connectivity index (χ0) is 18.0. The van der Waals surface area contributed by atoms with Gasteiger partial charge in [-0.25, -0.2) is 8.42 Å². The molecule has 8 heteroatoms. The predicted molar refractivity (Wildman–Crippen MR) is 99.9 cm³/mol. The van der Waals surface area contributed by atoms with E-state index in [-0.39, 0.29) is 35.1 Å². The molecule has 0 saturated carbocycles. The van der Waals surface area contributed by atoms with E-state index >= 15 is 0 Å². The highest BCUT2D eigenvalue weighted by Gasteiger charge is 2.48. The summed E-state index contributed by atoms with van der Waals surface area (Å²) in [5, 5.41) is 0.542. The van der Waals surface area contributed by atoms with Crippen LogP contribution in [0.25, 0.3) is 0 Å². The fraction of sp³-hybridized carbons (Fsp3) is 0.412. The van der Waals surface area contributed by atoms with Crippen LogP contribution in [0, 0.1) is 0 Å². The Bertz CT molecular complexity index is 802. The monoisotopic (exact) mass is 380 g/mol. The lowest BCUT2D eigenvalue weighted by Gasteiger charge is -2.22. The van der Waals surface area contributed by atoms with Crippen LogP contribution in [0.5, 0.6) is 5.75 Å². The number of hydrogen-bond acceptors (Lipinski definition) is 5. The number of amidine groups is 1. The molecule has 25 heavy (non-hydrogen) atoms. The summed E-state index contributed by atoms with van der Waals surface area (Å²) in [6.45, 7) is 4.20. The van der Waals surface area contributed by atoms with Crippen molar-refractivity contribution < 1.29 is 17.9 Å². The van der Waals surface area contributed by atoms with Crippen molar-refractivity contribution in [3.8, 4) is 5.75 Å². The van der Waals surface area contributed by atoms with Gasteiger partial charge in [0.2, 0.25) is 0 Å². The van der Waals surface area contributed by atoms with Gasteiger partial charge in [-0.2, -0.15) is 4.99 Å². The number of methoxy groups -OCH3 is 1. The van der Waals surface area contributed by atoms with Crippen LogP contribution in [-0.2, 0) is 21.1 Å². The maximum Gasteiger partial charge on any atom is 0.252 e. The van der Waals surface area contributed by atoms with Gasteiger partial charge in [0, 0.05) is 11.8 Å². The summed E-state index contributed by atoms with van der Waals surface area (Å²) in [6, 6.07) is 7.16. The third-order valence-electron chi connectivity index (χ3n) is 4.24. The molecular formula is C17H20N2O4S2. The number of amides is 1. The topological polar surface area (TPSA) is 76.0 Å². The molecule has 0 unspecified atom stereocenters. The summed E-state index contributed by atoms with van der Waals surface area (Å²) < 4.78 is 28.8. The molecular weight excluding hydrogens is 360 g/mol. The molecule has 2 fully saturated rings. The van der Waals surface area contributed by atoms with Crippen molar-refractivity contribution in [2.24, 2.45) is 4.99 Å². The lowest BCUT2D eigenvalue weighted by Crippen LogP contribution is -2.37. The first kappa shape index (κ1) is 18.0. The molecule has 2 heterocycles. The van der Waals surface area contributed by atoms with Crippen LogP contribution >= 0.6 is 11.8 Å². The van der Waals surface area contributed by atoms with E-state index in [0.717, 1.165) is 11.3 Å². The Morgan fingerprint density at radius 2 is 2.12 bits per heavy atom. The molecule has 3 rings (SSSR count). The Balaban J connectivity index is 1.73. The van der Waals surface area contributed by atoms with Crippen molar-refractivity contribution in [2.45, 2.75) is 17.7 Å². The number of fused-ring (bicyclic) bond motifs is 1. The minimum absolute atomic E-state index is 0.0579. The Labute approximate surface area is 151 Å². The van der Waals surface area contributed by atoms with Crippen LogP contribution < -0.4 is 4.74 Å². The maximum absolute atomic E-state index is 12.3. The van der Waals surface area contributed by atoms with E-state index in [2.05, 4.69) is 11.6 Å². The van der Waals surface area contributed by atoms with Gasteiger partial charge < -0.3 is 9.64 Å². The normalized spacial score (nSPS) is 25.8. The van der Waals surface area contributed by atoms with E-state index in [9.17, 15) is 13.2 Å². The second-order valence-electron chi connectivity index (χ2n) is 6.05. The van der Waals surface area contributed by atoms with Crippen molar-refractivity contribution in [1.82, 2.24) is 4.90 Å². The zero-order valence-corrected chi connectivity index (χ0v) is 15.6. The number of hydrogen-bond donors (Lipinski definition) is 0. The summed E-state index contributed by atoms with van der Waals surface area (Å²) in [5.41, 5.74) is 0.858. The molecule has 0 spiro atoms. The number of carbonyl (C=O) groups is 1. The van der Waals surface area contributed by atoms with Crippen molar-refractivity contribution >= 4 is 32.7 Å². The van der Waals surface area contributed by atoms with E-state index in [0.29, 0.717) is 11.7 Å². The molecule has 2 saturated heterocycles. The molecule has 0 aliphatic carbocycles. The van der Waals surface area contributed by atoms with E-state index in [1.54, 1.807) is 25.3 Å². The first-order valence-electron chi connectivity index (χ1n) is 7.91. The van der Waals surface area contributed by atoms with Gasteiger partial charge in [-0.05, 0) is 17.7 Å². The number of nitrogens with zero attached hydrogens (tertiary/aromatic N) is 2. The molecule has 1 amide bonds. The van der Waals surface area contributed by atoms with Gasteiger partial charge in [-0.3, -0.25) is 4.79 Å². The van der Waals surface area contributed by atoms with Gasteiger partial charge in [0.05, 0.1) is 31.1 Å². The smallest absolute Gasteiger partial charge is 0.252 e. The average Bonchev–Trinajstić information content (AvgIpc) is 3.01. The predicted octanol–water partition coefficient (Wildman–Crippen LogP) is 1.52. The molecule has 0 N–H and O–H groups in total. The first-order valence-corrected chi connectivity index (χ1v) is 10.6. The van der Waals surface area contributed by atoms with Crippen LogP contribution in [0.4, 0.5) is 0 Å². The molecule has 1 aromatic carbocycles. The van der Waals surface area contributed by atoms with Gasteiger partial charge >= 0.3 is 0 Å². The number of ether oxygens (including phenoxy) is 1. The molecule has 2 atom stereocenters. The van der Waals surface area contributed by atoms with E-state index < -0.39 is 9.84 Å². The highest BCUT2D eigenvalue weighted by Crippen LogP contribution is 2.38. The minimum atomic E-state index is -3.01. The molecule has 1 aromatic rings. The van der Waals surface area contributed by atoms with Crippen molar-refractivity contribution in [3.05, 3.63) is 42.5 Å². The van der Waals surface area contributed by atoms with Gasteiger partial charge in [-0.15, -0.1) is 6.58 Å². The molecule has 134 valence electrons. The van der Waals surface area contributed by atoms with Crippen LogP contribution in [-0.4, -0.2) is 60.8 Å². The minimum Gasteiger partial charge on any atom is -0.497 e. The van der Waals surface area contributed by atoms with Crippen molar-refractivity contribution in [3.63, 3.8) is 0 Å². The number of benzene rings is 1. The maximum atomic E-state index is 12.3. The summed E-state index contributed by atoms with van der Waals surface area (Å²) >= 11 is 1.38. The van der Waals surface area contributed by atoms with Crippen molar-refractivity contribution in [1.29, 1.82) is 0 Å². The Morgan fingerprint density at radius 1 is 1.40 bits per heavy atom. The van der Waals surface area contributed by atoms with E-state index in [4.69, 9.17) is 4.74 Å². The number of rotatable bonds is 5. The zero-order valence-electron chi connectivity index (χ0n) is 13.9. The van der Waals surface area contributed by atoms with Gasteiger partial charge in [0.1, 0.15) is 5.75 Å². The molecule has 2 aliphatic rings. The molecule has 0 radical (unpaired) electrons. The van der Waals surface area contributed by atoms with E-state index in [1.807, 2.05) is 17.0 Å². The number of aliphatic imine (C=N–C) groups is 1. The highest BCUT2D eigenvalue weighted by molar-refractivity contribution is 8.15. The second-order valence-corrected chi connectivity index (χ2v) is 9.41. The fourth-order valence-corrected chi connectivity index (χ4v) is 7.03. The summed E-state index contributed by atoms with van der Waals surface area (Å²) in [5.74, 6) is 0.746. The van der Waals surface area contributed by atoms with Gasteiger partial charge in [-0.1, -0.05) is 30.0 Å². The quantitative estimate of drug-likeness (QED) is 0.721. The van der Waals surface area contributed by atoms with Crippen LogP contribution in [0.15, 0.2) is 41.9 Å². The highest BCUT2D eigenvalue weighted by atomic mass is 32.2. The summed E-state index contributed by atoms with van der Waals surface area (Å²) in [4.78, 5) is 18.4. The van der Waals surface area contributed by atoms with Crippen LogP contribution in [0.3, 0.4) is 0 Å². The standard InChI is InChI=1S/C17H20N2O4S2/c1-3-8-19-14-10-25(21,22)11-15(14)24-17(19)18-16(20)9-12-4-6-13(23-2)7-5-12/h3-7,14-15H,1,8-11H2,2H3/t14-,15-/m0/s1. The Kier molecular flexibility index (Phi) is 5.19. The second kappa shape index (κ2) is 7.21. The number of sulfone groups is 1. The molecule has 2 aliphatic heterocycles. The fourth-order valence-electron chi connectivity index (χ4n) is 3.05. The lowest BCUT2D eigenvalue weighted by atomic mass is 10.1. The number of thioether (sulfide) groups is 1. The molecule has 0 bridgehead atoms. The third kappa shape index (κ3) is 4.07. The SMILES string of the molecule is C=CCN1C(=NC(=O)Cc2ccc(OC)cc2)S[C@H]2CS(=O)(=O)C[C@@H]21. The van der Waals surface area contributed by atoms with Crippen LogP contribution in [0.2, 0.25) is 0 Å². The average molecular weight is 380 g/mol. The van der Waals surface area contributed by atoms with Gasteiger partial charge in [0.25, 0.3) is 5.91 Å². The Morgan fingerprint density at radius 3 is 2.76 bits per heavy atom. The summed E-state index contributed by atoms with van der Waals surface area (Å²) in [7, 11) is -1.42. The van der Waals surface area contributed by atoms with Crippen molar-refractivity contribution in [2.75, 3.05) is 25.2 Å². The third-order valence-corrected chi connectivity index (χ3v) is 7.48.